The second kappa shape index (κ2) is 9.86. The van der Waals surface area contributed by atoms with Gasteiger partial charge in [-0.05, 0) is 49.4 Å². The molecule has 1 amide bonds. The molecule has 0 atom stereocenters. The first-order chi connectivity index (χ1) is 15.9. The van der Waals surface area contributed by atoms with Gasteiger partial charge in [-0.15, -0.1) is 0 Å². The highest BCUT2D eigenvalue weighted by molar-refractivity contribution is 6.30. The van der Waals surface area contributed by atoms with Crippen LogP contribution in [0.25, 0.3) is 0 Å². The van der Waals surface area contributed by atoms with Crippen LogP contribution in [0.4, 0.5) is 15.9 Å². The van der Waals surface area contributed by atoms with Gasteiger partial charge < -0.3 is 22.1 Å². The van der Waals surface area contributed by atoms with Gasteiger partial charge in [-0.3, -0.25) is 9.48 Å². The Kier molecular flexibility index (Phi) is 6.92. The molecule has 10 heteroatoms. The third-order valence-corrected chi connectivity index (χ3v) is 6.47. The third kappa shape index (κ3) is 5.32. The van der Waals surface area contributed by atoms with Crippen molar-refractivity contribution in [2.45, 2.75) is 43.8 Å². The van der Waals surface area contributed by atoms with Gasteiger partial charge in [0.15, 0.2) is 5.82 Å². The predicted octanol–water partition coefficient (Wildman–Crippen LogP) is 3.30. The molecule has 174 valence electrons. The lowest BCUT2D eigenvalue weighted by Crippen LogP contribution is -2.47. The van der Waals surface area contributed by atoms with Gasteiger partial charge in [-0.1, -0.05) is 23.7 Å². The molecule has 6 N–H and O–H groups in total. The molecule has 0 spiro atoms. The Labute approximate surface area is 196 Å². The molecule has 4 rings (SSSR count). The maximum atomic E-state index is 13.5. The number of hydrogen-bond acceptors (Lipinski definition) is 6. The molecule has 2 heterocycles. The van der Waals surface area contributed by atoms with Crippen molar-refractivity contribution in [1.82, 2.24) is 20.1 Å². The van der Waals surface area contributed by atoms with Crippen LogP contribution >= 0.6 is 11.6 Å². The van der Waals surface area contributed by atoms with E-state index < -0.39 is 17.4 Å². The molecular weight excluding hydrogens is 445 g/mol. The van der Waals surface area contributed by atoms with Crippen LogP contribution in [0.15, 0.2) is 48.8 Å². The first-order valence-corrected chi connectivity index (χ1v) is 11.2. The summed E-state index contributed by atoms with van der Waals surface area (Å²) in [7, 11) is 0. The number of aromatic nitrogens is 3. The maximum Gasteiger partial charge on any atom is 0.254 e. The third-order valence-electron chi connectivity index (χ3n) is 6.24. The number of pyridine rings is 1. The summed E-state index contributed by atoms with van der Waals surface area (Å²) in [6, 6.07) is 11.0. The van der Waals surface area contributed by atoms with Gasteiger partial charge in [0.2, 0.25) is 5.95 Å². The van der Waals surface area contributed by atoms with Crippen molar-refractivity contribution < 1.29 is 9.18 Å². The molecule has 2 aromatic heterocycles. The van der Waals surface area contributed by atoms with Crippen LogP contribution in [0, 0.1) is 5.95 Å². The van der Waals surface area contributed by atoms with E-state index in [9.17, 15) is 9.18 Å². The monoisotopic (exact) mass is 471 g/mol. The predicted molar refractivity (Wildman–Crippen MR) is 126 cm³/mol. The molecule has 1 aliphatic carbocycles. The molecule has 1 aliphatic rings. The Morgan fingerprint density at radius 3 is 2.73 bits per heavy atom. The van der Waals surface area contributed by atoms with Crippen molar-refractivity contribution in [1.29, 1.82) is 0 Å². The van der Waals surface area contributed by atoms with E-state index in [4.69, 9.17) is 23.1 Å². The molecule has 8 nitrogen and oxygen atoms in total. The normalized spacial score (nSPS) is 20.5. The van der Waals surface area contributed by atoms with E-state index in [-0.39, 0.29) is 11.4 Å². The van der Waals surface area contributed by atoms with E-state index in [1.54, 1.807) is 16.9 Å². The smallest absolute Gasteiger partial charge is 0.254 e. The number of amides is 1. The number of halogens is 2. The molecule has 3 aromatic rings. The second-order valence-electron chi connectivity index (χ2n) is 8.41. The van der Waals surface area contributed by atoms with Crippen molar-refractivity contribution in [3.8, 4) is 0 Å². The zero-order chi connectivity index (χ0) is 23.4. The number of anilines is 2. The molecule has 0 saturated heterocycles. The van der Waals surface area contributed by atoms with Crippen LogP contribution < -0.4 is 22.1 Å². The summed E-state index contributed by atoms with van der Waals surface area (Å²) in [5.41, 5.74) is 13.2. The standard InChI is InChI=1S/C23H27ClFN7O/c24-16-3-1-2-15(10-16)12-29-17-4-7-23(14-26,8-5-17)32-13-19(21(27)33)22(31-32)30-18-6-9-28-20(25)11-18/h1-3,6,9-11,13,17,29H,4-5,7-8,12,14,26H2,(H2,27,33)(H,28,30,31). The van der Waals surface area contributed by atoms with Gasteiger partial charge >= 0.3 is 0 Å². The number of hydrogen-bond donors (Lipinski definition) is 4. The second-order valence-corrected chi connectivity index (χ2v) is 8.84. The van der Waals surface area contributed by atoms with Crippen LogP contribution in [0.2, 0.25) is 5.02 Å². The molecule has 0 unspecified atom stereocenters. The lowest BCUT2D eigenvalue weighted by molar-refractivity contribution is 0.1000. The van der Waals surface area contributed by atoms with Crippen LogP contribution in [0.1, 0.15) is 41.6 Å². The zero-order valence-corrected chi connectivity index (χ0v) is 18.9. The van der Waals surface area contributed by atoms with Gasteiger partial charge in [-0.25, -0.2) is 4.98 Å². The molecule has 1 fully saturated rings. The fraction of sp³-hybridized carbons (Fsp3) is 0.348. The molecule has 0 radical (unpaired) electrons. The van der Waals surface area contributed by atoms with E-state index >= 15 is 0 Å². The van der Waals surface area contributed by atoms with E-state index in [2.05, 4.69) is 20.7 Å². The SMILES string of the molecule is NCC1(n2cc(C(N)=O)c(Nc3ccnc(F)c3)n2)CCC(NCc2cccc(Cl)c2)CC1. The fourth-order valence-electron chi connectivity index (χ4n) is 4.30. The summed E-state index contributed by atoms with van der Waals surface area (Å²) in [6.07, 6.45) is 6.36. The van der Waals surface area contributed by atoms with Crippen LogP contribution in [-0.2, 0) is 12.1 Å². The van der Waals surface area contributed by atoms with Crippen molar-refractivity contribution in [2.75, 3.05) is 11.9 Å². The van der Waals surface area contributed by atoms with E-state index in [1.807, 2.05) is 24.3 Å². The van der Waals surface area contributed by atoms with Gasteiger partial charge in [0, 0.05) is 48.3 Å². The van der Waals surface area contributed by atoms with E-state index in [0.717, 1.165) is 42.8 Å². The zero-order valence-electron chi connectivity index (χ0n) is 18.1. The summed E-state index contributed by atoms with van der Waals surface area (Å²) in [4.78, 5) is 15.6. The summed E-state index contributed by atoms with van der Waals surface area (Å²) >= 11 is 6.08. The summed E-state index contributed by atoms with van der Waals surface area (Å²) < 4.78 is 15.2. The number of nitrogens with one attached hydrogen (secondary N) is 2. The number of rotatable bonds is 8. The number of nitrogens with zero attached hydrogens (tertiary/aromatic N) is 3. The van der Waals surface area contributed by atoms with Crippen molar-refractivity contribution in [3.05, 3.63) is 70.9 Å². The topological polar surface area (TPSA) is 124 Å². The van der Waals surface area contributed by atoms with Crippen LogP contribution in [-0.4, -0.2) is 33.3 Å². The number of carbonyl (C=O) groups is 1. The summed E-state index contributed by atoms with van der Waals surface area (Å²) in [6.45, 7) is 1.11. The number of benzene rings is 1. The highest BCUT2D eigenvalue weighted by atomic mass is 35.5. The van der Waals surface area contributed by atoms with Crippen molar-refractivity contribution >= 4 is 29.0 Å². The van der Waals surface area contributed by atoms with Gasteiger partial charge in [0.05, 0.1) is 5.54 Å². The molecule has 1 saturated carbocycles. The van der Waals surface area contributed by atoms with Crippen molar-refractivity contribution in [3.63, 3.8) is 0 Å². The van der Waals surface area contributed by atoms with Gasteiger partial charge in [-0.2, -0.15) is 9.49 Å². The highest BCUT2D eigenvalue weighted by Gasteiger charge is 2.37. The average Bonchev–Trinajstić information content (AvgIpc) is 3.23. The minimum atomic E-state index is -0.637. The molecule has 0 aliphatic heterocycles. The average molecular weight is 472 g/mol. The first kappa shape index (κ1) is 23.2. The van der Waals surface area contributed by atoms with Crippen LogP contribution in [0.3, 0.4) is 0 Å². The van der Waals surface area contributed by atoms with E-state index in [0.29, 0.717) is 18.3 Å². The Balaban J connectivity index is 1.47. The Morgan fingerprint density at radius 2 is 2.06 bits per heavy atom. The van der Waals surface area contributed by atoms with Crippen LogP contribution in [0.5, 0.6) is 0 Å². The minimum absolute atomic E-state index is 0.223. The summed E-state index contributed by atoms with van der Waals surface area (Å²) in [5, 5.41) is 11.9. The van der Waals surface area contributed by atoms with Crippen molar-refractivity contribution in [2.24, 2.45) is 11.5 Å². The minimum Gasteiger partial charge on any atom is -0.365 e. The Morgan fingerprint density at radius 1 is 1.27 bits per heavy atom. The van der Waals surface area contributed by atoms with E-state index in [1.165, 1.54) is 12.3 Å². The Bertz CT molecular complexity index is 1130. The lowest BCUT2D eigenvalue weighted by atomic mass is 9.79. The van der Waals surface area contributed by atoms with Gasteiger partial charge in [0.25, 0.3) is 5.91 Å². The maximum absolute atomic E-state index is 13.5. The molecule has 0 bridgehead atoms. The fourth-order valence-corrected chi connectivity index (χ4v) is 4.51. The molecular formula is C23H27ClFN7O. The molecule has 1 aromatic carbocycles. The van der Waals surface area contributed by atoms with Gasteiger partial charge in [0.1, 0.15) is 5.56 Å². The summed E-state index contributed by atoms with van der Waals surface area (Å²) in [5.74, 6) is -0.994. The highest BCUT2D eigenvalue weighted by Crippen LogP contribution is 2.35. The molecule has 33 heavy (non-hydrogen) atoms. The lowest BCUT2D eigenvalue weighted by Gasteiger charge is -2.40. The number of primary amides is 1. The largest absolute Gasteiger partial charge is 0.365 e. The quantitative estimate of drug-likeness (QED) is 0.374. The Hall–Kier alpha value is -3.01. The first-order valence-electron chi connectivity index (χ1n) is 10.8. The number of nitrogens with two attached hydrogens (primary N) is 2. The number of carbonyl (C=O) groups excluding carboxylic acids is 1.